The maximum Gasteiger partial charge on any atom is 0.321 e. The Kier molecular flexibility index (Phi) is 5.17. The molecule has 0 spiro atoms. The molecule has 6 heteroatoms. The van der Waals surface area contributed by atoms with Crippen molar-refractivity contribution in [2.75, 3.05) is 18.0 Å². The number of hydrogen-bond acceptors (Lipinski definition) is 3. The van der Waals surface area contributed by atoms with Gasteiger partial charge in [0.1, 0.15) is 5.75 Å². The van der Waals surface area contributed by atoms with Gasteiger partial charge >= 0.3 is 12.0 Å². The first-order valence-corrected chi connectivity index (χ1v) is 6.02. The monoisotopic (exact) mass is 266 g/mol. The molecule has 2 amide bonds. The molecule has 0 fully saturated rings. The molecule has 0 aliphatic rings. The predicted molar refractivity (Wildman–Crippen MR) is 71.5 cm³/mol. The number of carboxylic acids is 1. The summed E-state index contributed by atoms with van der Waals surface area (Å²) < 4.78 is 0. The zero-order chi connectivity index (χ0) is 14.4. The van der Waals surface area contributed by atoms with Crippen LogP contribution in [0.5, 0.6) is 5.75 Å². The second-order valence-electron chi connectivity index (χ2n) is 4.09. The average Bonchev–Trinajstić information content (AvgIpc) is 2.34. The van der Waals surface area contributed by atoms with E-state index < -0.39 is 5.97 Å². The first kappa shape index (κ1) is 14.8. The molecule has 1 aromatic carbocycles. The summed E-state index contributed by atoms with van der Waals surface area (Å²) in [6.45, 7) is 4.13. The Labute approximate surface area is 111 Å². The maximum atomic E-state index is 12.0. The number of rotatable bonds is 5. The predicted octanol–water partition coefficient (Wildman–Crippen LogP) is 1.71. The molecule has 1 rings (SSSR count). The topological polar surface area (TPSA) is 89.9 Å². The number of carbonyl (C=O) groups is 2. The molecule has 0 aliphatic carbocycles. The highest BCUT2D eigenvalue weighted by Crippen LogP contribution is 2.24. The van der Waals surface area contributed by atoms with Crippen LogP contribution >= 0.6 is 0 Å². The lowest BCUT2D eigenvalue weighted by Crippen LogP contribution is -2.41. The summed E-state index contributed by atoms with van der Waals surface area (Å²) in [5, 5.41) is 20.5. The highest BCUT2D eigenvalue weighted by atomic mass is 16.4. The number of aryl methyl sites for hydroxylation is 1. The van der Waals surface area contributed by atoms with Crippen LogP contribution in [0.25, 0.3) is 0 Å². The van der Waals surface area contributed by atoms with Crippen LogP contribution in [0.4, 0.5) is 10.5 Å². The van der Waals surface area contributed by atoms with E-state index in [0.717, 1.165) is 5.56 Å². The van der Waals surface area contributed by atoms with Crippen LogP contribution in [0.2, 0.25) is 0 Å². The van der Waals surface area contributed by atoms with Crippen LogP contribution in [-0.2, 0) is 4.79 Å². The van der Waals surface area contributed by atoms with Crippen LogP contribution in [0, 0.1) is 6.92 Å². The van der Waals surface area contributed by atoms with Gasteiger partial charge in [0.05, 0.1) is 12.1 Å². The Morgan fingerprint density at radius 3 is 2.63 bits per heavy atom. The molecule has 0 heterocycles. The molecule has 0 aliphatic heterocycles. The van der Waals surface area contributed by atoms with Gasteiger partial charge in [-0.25, -0.2) is 4.79 Å². The van der Waals surface area contributed by atoms with E-state index in [1.165, 1.54) is 11.0 Å². The van der Waals surface area contributed by atoms with Crippen molar-refractivity contribution in [2.45, 2.75) is 20.3 Å². The Morgan fingerprint density at radius 1 is 1.37 bits per heavy atom. The summed E-state index contributed by atoms with van der Waals surface area (Å²) in [7, 11) is 0. The molecule has 3 N–H and O–H groups in total. The molecule has 0 bridgehead atoms. The zero-order valence-corrected chi connectivity index (χ0v) is 11.0. The lowest BCUT2D eigenvalue weighted by molar-refractivity contribution is -0.136. The van der Waals surface area contributed by atoms with Gasteiger partial charge in [0.15, 0.2) is 0 Å². The Morgan fingerprint density at radius 2 is 2.05 bits per heavy atom. The van der Waals surface area contributed by atoms with Crippen molar-refractivity contribution >= 4 is 17.7 Å². The number of nitrogens with zero attached hydrogens (tertiary/aromatic N) is 1. The first-order valence-electron chi connectivity index (χ1n) is 6.02. The number of carbonyl (C=O) groups excluding carboxylic acids is 1. The number of nitrogens with one attached hydrogen (secondary N) is 1. The van der Waals surface area contributed by atoms with Crippen molar-refractivity contribution in [3.05, 3.63) is 23.8 Å². The van der Waals surface area contributed by atoms with E-state index in [4.69, 9.17) is 5.11 Å². The average molecular weight is 266 g/mol. The Bertz CT molecular complexity index is 474. The normalized spacial score (nSPS) is 10.0. The Balaban J connectivity index is 2.79. The molecule has 104 valence electrons. The van der Waals surface area contributed by atoms with Crippen molar-refractivity contribution < 1.29 is 19.8 Å². The number of aliphatic carboxylic acids is 1. The summed E-state index contributed by atoms with van der Waals surface area (Å²) >= 11 is 0. The van der Waals surface area contributed by atoms with Gasteiger partial charge in [-0.05, 0) is 25.5 Å². The molecule has 19 heavy (non-hydrogen) atoms. The number of phenols is 1. The third-order valence-corrected chi connectivity index (χ3v) is 2.66. The number of anilines is 1. The third-order valence-electron chi connectivity index (χ3n) is 2.66. The van der Waals surface area contributed by atoms with Crippen molar-refractivity contribution in [2.24, 2.45) is 0 Å². The molecular weight excluding hydrogens is 248 g/mol. The zero-order valence-electron chi connectivity index (χ0n) is 11.0. The fraction of sp³-hybridized carbons (Fsp3) is 0.385. The summed E-state index contributed by atoms with van der Waals surface area (Å²) in [5.74, 6) is -0.880. The van der Waals surface area contributed by atoms with Crippen LogP contribution in [0.3, 0.4) is 0 Å². The number of amides is 2. The molecule has 0 radical (unpaired) electrons. The molecular formula is C13H18N2O4. The minimum Gasteiger partial charge on any atom is -0.508 e. The minimum absolute atomic E-state index is 0.0720. The number of carboxylic acid groups (broad SMARTS) is 1. The second-order valence-corrected chi connectivity index (χ2v) is 4.09. The fourth-order valence-corrected chi connectivity index (χ4v) is 1.68. The van der Waals surface area contributed by atoms with Gasteiger partial charge in [-0.2, -0.15) is 0 Å². The van der Waals surface area contributed by atoms with Crippen molar-refractivity contribution in [1.82, 2.24) is 5.32 Å². The van der Waals surface area contributed by atoms with E-state index >= 15 is 0 Å². The number of aromatic hydroxyl groups is 1. The highest BCUT2D eigenvalue weighted by molar-refractivity contribution is 5.93. The van der Waals surface area contributed by atoms with Crippen LogP contribution in [0.15, 0.2) is 18.2 Å². The molecule has 0 aromatic heterocycles. The molecule has 1 aromatic rings. The molecule has 6 nitrogen and oxygen atoms in total. The van der Waals surface area contributed by atoms with Gasteiger partial charge < -0.3 is 15.5 Å². The fourth-order valence-electron chi connectivity index (χ4n) is 1.68. The van der Waals surface area contributed by atoms with Crippen molar-refractivity contribution in [3.63, 3.8) is 0 Å². The summed E-state index contributed by atoms with van der Waals surface area (Å²) in [6.07, 6.45) is -0.123. The van der Waals surface area contributed by atoms with Gasteiger partial charge in [0, 0.05) is 19.2 Å². The van der Waals surface area contributed by atoms with E-state index in [1.807, 2.05) is 6.92 Å². The maximum absolute atomic E-state index is 12.0. The molecule has 0 saturated carbocycles. The largest absolute Gasteiger partial charge is 0.508 e. The van der Waals surface area contributed by atoms with Gasteiger partial charge in [-0.3, -0.25) is 9.69 Å². The minimum atomic E-state index is -0.961. The Hall–Kier alpha value is -2.24. The first-order chi connectivity index (χ1) is 8.95. The number of hydrogen-bond donors (Lipinski definition) is 3. The lowest BCUT2D eigenvalue weighted by atomic mass is 10.1. The number of phenolic OH excluding ortho intramolecular Hbond substituents is 1. The molecule has 0 atom stereocenters. The van der Waals surface area contributed by atoms with E-state index in [9.17, 15) is 14.7 Å². The number of urea groups is 1. The number of benzene rings is 1. The van der Waals surface area contributed by atoms with Crippen molar-refractivity contribution in [1.29, 1.82) is 0 Å². The molecule has 0 saturated heterocycles. The second kappa shape index (κ2) is 6.63. The van der Waals surface area contributed by atoms with E-state index in [-0.39, 0.29) is 24.7 Å². The summed E-state index contributed by atoms with van der Waals surface area (Å²) in [4.78, 5) is 23.8. The molecule has 0 unspecified atom stereocenters. The SMILES string of the molecule is CCN(C(=O)NCCC(=O)O)c1cc(O)ccc1C. The van der Waals surface area contributed by atoms with Gasteiger partial charge in [0.25, 0.3) is 0 Å². The quantitative estimate of drug-likeness (QED) is 0.756. The van der Waals surface area contributed by atoms with Gasteiger partial charge in [-0.15, -0.1) is 0 Å². The highest BCUT2D eigenvalue weighted by Gasteiger charge is 2.16. The van der Waals surface area contributed by atoms with Gasteiger partial charge in [-0.1, -0.05) is 6.07 Å². The smallest absolute Gasteiger partial charge is 0.321 e. The van der Waals surface area contributed by atoms with Crippen LogP contribution < -0.4 is 10.2 Å². The third kappa shape index (κ3) is 4.17. The van der Waals surface area contributed by atoms with Crippen LogP contribution in [0.1, 0.15) is 18.9 Å². The van der Waals surface area contributed by atoms with Crippen LogP contribution in [-0.4, -0.2) is 35.3 Å². The summed E-state index contributed by atoms with van der Waals surface area (Å²) in [5.41, 5.74) is 1.46. The summed E-state index contributed by atoms with van der Waals surface area (Å²) in [6, 6.07) is 4.40. The van der Waals surface area contributed by atoms with E-state index in [2.05, 4.69) is 5.32 Å². The van der Waals surface area contributed by atoms with Crippen molar-refractivity contribution in [3.8, 4) is 5.75 Å². The van der Waals surface area contributed by atoms with E-state index in [1.54, 1.807) is 19.1 Å². The lowest BCUT2D eigenvalue weighted by Gasteiger charge is -2.23. The van der Waals surface area contributed by atoms with Gasteiger partial charge in [0.2, 0.25) is 0 Å². The standard InChI is InChI=1S/C13H18N2O4/c1-3-15(13(19)14-7-6-12(17)18)11-8-10(16)5-4-9(11)2/h4-5,8,16H,3,6-7H2,1-2H3,(H,14,19)(H,17,18). The van der Waals surface area contributed by atoms with E-state index in [0.29, 0.717) is 12.2 Å².